The maximum atomic E-state index is 13.3. The maximum absolute atomic E-state index is 13.3. The number of rotatable bonds is 6. The van der Waals surface area contributed by atoms with Crippen LogP contribution in [-0.4, -0.2) is 29.5 Å². The van der Waals surface area contributed by atoms with Gasteiger partial charge in [-0.3, -0.25) is 4.79 Å². The number of hydrogen-bond acceptors (Lipinski definition) is 7. The second-order valence-electron chi connectivity index (χ2n) is 8.55. The van der Waals surface area contributed by atoms with Crippen molar-refractivity contribution in [2.45, 2.75) is 63.4 Å². The topological polar surface area (TPSA) is 91.6 Å². The fourth-order valence-electron chi connectivity index (χ4n) is 4.12. The number of thioether (sulfide) groups is 1. The van der Waals surface area contributed by atoms with Crippen molar-refractivity contribution in [3.05, 3.63) is 58.1 Å². The van der Waals surface area contributed by atoms with E-state index >= 15 is 0 Å². The van der Waals surface area contributed by atoms with Gasteiger partial charge in [0.15, 0.2) is 16.8 Å². The van der Waals surface area contributed by atoms with Crippen molar-refractivity contribution in [3.63, 3.8) is 0 Å². The summed E-state index contributed by atoms with van der Waals surface area (Å²) in [5.74, 6) is 2.86. The van der Waals surface area contributed by atoms with E-state index in [0.717, 1.165) is 55.2 Å². The van der Waals surface area contributed by atoms with Crippen molar-refractivity contribution in [2.24, 2.45) is 5.92 Å². The lowest BCUT2D eigenvalue weighted by Gasteiger charge is -2.17. The lowest BCUT2D eigenvalue weighted by molar-refractivity contribution is 0.360. The van der Waals surface area contributed by atoms with Crippen LogP contribution in [0.2, 0.25) is 0 Å². The largest absolute Gasteiger partial charge is 0.339 e. The third-order valence-electron chi connectivity index (χ3n) is 5.59. The molecule has 1 aromatic carbocycles. The molecule has 8 nitrogen and oxygen atoms in total. The Morgan fingerprint density at radius 3 is 2.78 bits per heavy atom. The molecule has 0 aliphatic carbocycles. The van der Waals surface area contributed by atoms with Crippen molar-refractivity contribution in [2.75, 3.05) is 0 Å². The molecule has 0 radical (unpaired) electrons. The summed E-state index contributed by atoms with van der Waals surface area (Å²) >= 11 is 1.57. The first-order chi connectivity index (χ1) is 15.6. The van der Waals surface area contributed by atoms with E-state index in [1.165, 1.54) is 4.68 Å². The van der Waals surface area contributed by atoms with Gasteiger partial charge in [0.25, 0.3) is 5.56 Å². The van der Waals surface area contributed by atoms with Gasteiger partial charge in [0.05, 0.1) is 11.4 Å². The van der Waals surface area contributed by atoms with Crippen molar-refractivity contribution in [3.8, 4) is 17.1 Å². The summed E-state index contributed by atoms with van der Waals surface area (Å²) in [4.78, 5) is 22.6. The highest BCUT2D eigenvalue weighted by atomic mass is 32.2. The Hall–Kier alpha value is -2.94. The number of nitrogens with zero attached hydrogens (tertiary/aromatic N) is 6. The van der Waals surface area contributed by atoms with Gasteiger partial charge >= 0.3 is 0 Å². The van der Waals surface area contributed by atoms with E-state index in [9.17, 15) is 4.79 Å². The summed E-state index contributed by atoms with van der Waals surface area (Å²) < 4.78 is 9.05. The smallest absolute Gasteiger partial charge is 0.284 e. The quantitative estimate of drug-likeness (QED) is 0.322. The highest BCUT2D eigenvalue weighted by Crippen LogP contribution is 2.31. The van der Waals surface area contributed by atoms with Gasteiger partial charge in [-0.2, -0.15) is 9.67 Å². The minimum Gasteiger partial charge on any atom is -0.339 e. The van der Waals surface area contributed by atoms with Crippen LogP contribution in [0.3, 0.4) is 0 Å². The van der Waals surface area contributed by atoms with Crippen LogP contribution in [0.4, 0.5) is 0 Å². The van der Waals surface area contributed by atoms with Crippen LogP contribution in [-0.2, 0) is 25.1 Å². The molecule has 0 bridgehead atoms. The molecule has 0 saturated heterocycles. The average molecular weight is 451 g/mol. The molecule has 0 spiro atoms. The molecular formula is C23H26N6O2S. The third kappa shape index (κ3) is 4.09. The molecule has 0 unspecified atom stereocenters. The summed E-state index contributed by atoms with van der Waals surface area (Å²) in [5.41, 5.74) is 2.33. The molecular weight excluding hydrogens is 424 g/mol. The molecule has 1 aromatic heterocycles. The lowest BCUT2D eigenvalue weighted by atomic mass is 10.1. The fraction of sp³-hybridized carbons (Fsp3) is 0.435. The Bertz CT molecular complexity index is 1240. The summed E-state index contributed by atoms with van der Waals surface area (Å²) in [7, 11) is 0. The van der Waals surface area contributed by atoms with Crippen LogP contribution in [0.15, 0.2) is 44.8 Å². The first-order valence-corrected chi connectivity index (χ1v) is 12.1. The zero-order valence-corrected chi connectivity index (χ0v) is 19.1. The van der Waals surface area contributed by atoms with Crippen LogP contribution < -0.4 is 5.56 Å². The van der Waals surface area contributed by atoms with Crippen molar-refractivity contribution < 1.29 is 4.52 Å². The maximum Gasteiger partial charge on any atom is 0.284 e. The molecule has 0 fully saturated rings. The van der Waals surface area contributed by atoms with Gasteiger partial charge in [0, 0.05) is 18.7 Å². The van der Waals surface area contributed by atoms with E-state index in [1.54, 1.807) is 11.8 Å². The second-order valence-corrected chi connectivity index (χ2v) is 9.49. The Kier molecular flexibility index (Phi) is 5.82. The molecule has 2 aromatic rings. The fourth-order valence-corrected chi connectivity index (χ4v) is 5.00. The summed E-state index contributed by atoms with van der Waals surface area (Å²) in [6, 6.07) is 9.52. The van der Waals surface area contributed by atoms with Crippen LogP contribution >= 0.6 is 11.8 Å². The molecule has 0 amide bonds. The van der Waals surface area contributed by atoms with Gasteiger partial charge in [0.1, 0.15) is 5.56 Å². The molecule has 166 valence electrons. The number of fused-ring (bicyclic) bond motifs is 3. The third-order valence-corrected chi connectivity index (χ3v) is 6.56. The first kappa shape index (κ1) is 20.9. The monoisotopic (exact) mass is 450 g/mol. The molecule has 0 saturated carbocycles. The highest BCUT2D eigenvalue weighted by molar-refractivity contribution is 7.98. The molecule has 3 aliphatic rings. The zero-order chi connectivity index (χ0) is 22.1. The molecule has 0 atom stereocenters. The van der Waals surface area contributed by atoms with Gasteiger partial charge in [-0.1, -0.05) is 55.4 Å². The molecule has 32 heavy (non-hydrogen) atoms. The molecule has 9 heteroatoms. The highest BCUT2D eigenvalue weighted by Gasteiger charge is 2.27. The molecule has 4 heterocycles. The first-order valence-electron chi connectivity index (χ1n) is 11.1. The minimum atomic E-state index is -0.0996. The van der Waals surface area contributed by atoms with E-state index in [0.29, 0.717) is 34.8 Å². The van der Waals surface area contributed by atoms with E-state index in [1.807, 2.05) is 30.3 Å². The van der Waals surface area contributed by atoms with Crippen LogP contribution in [0.1, 0.15) is 50.5 Å². The number of benzene rings is 1. The average Bonchev–Trinajstić information content (AvgIpc) is 3.27. The van der Waals surface area contributed by atoms with E-state index in [4.69, 9.17) is 9.51 Å². The van der Waals surface area contributed by atoms with Gasteiger partial charge < -0.3 is 9.09 Å². The van der Waals surface area contributed by atoms with E-state index in [-0.39, 0.29) is 5.56 Å². The summed E-state index contributed by atoms with van der Waals surface area (Å²) in [6.07, 6.45) is 4.89. The predicted octanol–water partition coefficient (Wildman–Crippen LogP) is 4.13. The van der Waals surface area contributed by atoms with Gasteiger partial charge in [-0.05, 0) is 37.3 Å². The Morgan fingerprint density at radius 1 is 1.12 bits per heavy atom. The van der Waals surface area contributed by atoms with Crippen molar-refractivity contribution in [1.29, 1.82) is 0 Å². The number of aromatic nitrogens is 6. The predicted molar refractivity (Wildman–Crippen MR) is 122 cm³/mol. The molecule has 0 N–H and O–H groups in total. The second kappa shape index (κ2) is 8.90. The standard InChI is InChI=1S/C23H26N6O2S/c1-15(2)13-19-24-18(27-31-19)14-32-23-25-21-20(17-11-7-4-8-12-28(17)23)22(30)29(26-21)16-9-5-3-6-10-16/h3,5-6,9-10,15H,4,7-8,11-14H2,1-2H3. The van der Waals surface area contributed by atoms with Crippen molar-refractivity contribution in [1.82, 2.24) is 29.5 Å². The zero-order valence-electron chi connectivity index (χ0n) is 18.3. The Balaban J connectivity index is 1.53. The van der Waals surface area contributed by atoms with Gasteiger partial charge in [-0.15, -0.1) is 5.10 Å². The Morgan fingerprint density at radius 2 is 1.97 bits per heavy atom. The van der Waals surface area contributed by atoms with Gasteiger partial charge in [-0.25, -0.2) is 4.98 Å². The van der Waals surface area contributed by atoms with E-state index < -0.39 is 0 Å². The minimum absolute atomic E-state index is 0.0996. The van der Waals surface area contributed by atoms with Crippen LogP contribution in [0.5, 0.6) is 0 Å². The molecule has 5 rings (SSSR count). The normalized spacial score (nSPS) is 14.1. The Labute approximate surface area is 190 Å². The number of hydrogen-bond donors (Lipinski definition) is 0. The SMILES string of the molecule is CC(C)Cc1nc(CSc2nc3nn(-c4ccccc4)c(=O)c-3c3n2CCCCC3)no1. The van der Waals surface area contributed by atoms with Crippen LogP contribution in [0.25, 0.3) is 17.1 Å². The lowest BCUT2D eigenvalue weighted by Crippen LogP contribution is -2.19. The van der Waals surface area contributed by atoms with E-state index in [2.05, 4.69) is 33.7 Å². The molecule has 3 aliphatic heterocycles. The van der Waals surface area contributed by atoms with Crippen molar-refractivity contribution >= 4 is 11.8 Å². The van der Waals surface area contributed by atoms with Gasteiger partial charge in [0.2, 0.25) is 5.89 Å². The summed E-state index contributed by atoms with van der Waals surface area (Å²) in [5, 5.41) is 9.56. The summed E-state index contributed by atoms with van der Waals surface area (Å²) in [6.45, 7) is 5.10. The number of para-hydroxylation sites is 1. The van der Waals surface area contributed by atoms with Crippen LogP contribution in [0, 0.1) is 5.92 Å².